The lowest BCUT2D eigenvalue weighted by molar-refractivity contribution is -0.129. The summed E-state index contributed by atoms with van der Waals surface area (Å²) in [5, 5.41) is 19.0. The van der Waals surface area contributed by atoms with Crippen molar-refractivity contribution in [3.8, 4) is 0 Å². The van der Waals surface area contributed by atoms with Gasteiger partial charge in [0.25, 0.3) is 0 Å². The number of carbonyl (C=O) groups excluding carboxylic acids is 1. The standard InChI is InChI=1S/C20H30N2O3/c23-14-17-6-8-21(9-7-17)11-18-12-22(13-19(18)15-24)20(25)10-16-4-2-1-3-5-16/h1-5,17-19,23-24H,6-15H2/t18-,19-/m0/s1. The molecule has 25 heavy (non-hydrogen) atoms. The summed E-state index contributed by atoms with van der Waals surface area (Å²) in [4.78, 5) is 17.0. The number of amides is 1. The van der Waals surface area contributed by atoms with Crippen LogP contribution in [0.15, 0.2) is 30.3 Å². The van der Waals surface area contributed by atoms with Crippen molar-refractivity contribution in [3.05, 3.63) is 35.9 Å². The molecule has 2 aliphatic heterocycles. The van der Waals surface area contributed by atoms with Crippen LogP contribution in [-0.2, 0) is 11.2 Å². The molecule has 0 radical (unpaired) electrons. The first-order valence-electron chi connectivity index (χ1n) is 9.45. The summed E-state index contributed by atoms with van der Waals surface area (Å²) in [6.45, 7) is 4.82. The van der Waals surface area contributed by atoms with Crippen molar-refractivity contribution < 1.29 is 15.0 Å². The molecular weight excluding hydrogens is 316 g/mol. The van der Waals surface area contributed by atoms with Crippen LogP contribution in [0, 0.1) is 17.8 Å². The van der Waals surface area contributed by atoms with Gasteiger partial charge in [-0.05, 0) is 43.3 Å². The summed E-state index contributed by atoms with van der Waals surface area (Å²) in [5.74, 6) is 1.12. The maximum absolute atomic E-state index is 12.6. The van der Waals surface area contributed by atoms with E-state index in [2.05, 4.69) is 4.90 Å². The second kappa shape index (κ2) is 8.79. The summed E-state index contributed by atoms with van der Waals surface area (Å²) in [7, 11) is 0. The largest absolute Gasteiger partial charge is 0.396 e. The van der Waals surface area contributed by atoms with Crippen LogP contribution >= 0.6 is 0 Å². The molecule has 5 heteroatoms. The molecule has 2 fully saturated rings. The minimum Gasteiger partial charge on any atom is -0.396 e. The van der Waals surface area contributed by atoms with Crippen molar-refractivity contribution in [2.45, 2.75) is 19.3 Å². The van der Waals surface area contributed by atoms with Crippen LogP contribution in [0.1, 0.15) is 18.4 Å². The van der Waals surface area contributed by atoms with Gasteiger partial charge in [-0.25, -0.2) is 0 Å². The SMILES string of the molecule is O=C(Cc1ccccc1)N1C[C@@H](CO)[C@@H](CN2CCC(CO)CC2)C1. The van der Waals surface area contributed by atoms with Crippen LogP contribution in [0.3, 0.4) is 0 Å². The molecule has 2 N–H and O–H groups in total. The van der Waals surface area contributed by atoms with Gasteiger partial charge in [0.2, 0.25) is 5.91 Å². The quantitative estimate of drug-likeness (QED) is 0.807. The molecule has 2 atom stereocenters. The van der Waals surface area contributed by atoms with E-state index in [0.717, 1.165) is 44.6 Å². The smallest absolute Gasteiger partial charge is 0.227 e. The first-order chi connectivity index (χ1) is 12.2. The van der Waals surface area contributed by atoms with E-state index in [1.54, 1.807) is 0 Å². The Bertz CT molecular complexity index is 543. The number of aliphatic hydroxyl groups is 2. The summed E-state index contributed by atoms with van der Waals surface area (Å²) < 4.78 is 0. The Balaban J connectivity index is 1.52. The number of piperidine rings is 1. The van der Waals surface area contributed by atoms with E-state index in [-0.39, 0.29) is 25.0 Å². The maximum atomic E-state index is 12.6. The highest BCUT2D eigenvalue weighted by Crippen LogP contribution is 2.26. The minimum atomic E-state index is 0.146. The Kier molecular flexibility index (Phi) is 6.45. The first kappa shape index (κ1) is 18.4. The Morgan fingerprint density at radius 2 is 1.68 bits per heavy atom. The third-order valence-electron chi connectivity index (χ3n) is 5.82. The van der Waals surface area contributed by atoms with Gasteiger partial charge in [-0.2, -0.15) is 0 Å². The zero-order valence-electron chi connectivity index (χ0n) is 14.9. The average Bonchev–Trinajstić information content (AvgIpc) is 3.06. The highest BCUT2D eigenvalue weighted by Gasteiger charge is 2.36. The molecule has 0 aromatic heterocycles. The Morgan fingerprint density at radius 3 is 2.32 bits per heavy atom. The molecule has 2 aliphatic rings. The maximum Gasteiger partial charge on any atom is 0.227 e. The molecule has 2 heterocycles. The molecule has 1 aromatic rings. The van der Waals surface area contributed by atoms with Crippen LogP contribution in [0.25, 0.3) is 0 Å². The monoisotopic (exact) mass is 346 g/mol. The van der Waals surface area contributed by atoms with Gasteiger partial charge in [0.15, 0.2) is 0 Å². The van der Waals surface area contributed by atoms with Crippen molar-refractivity contribution in [1.82, 2.24) is 9.80 Å². The summed E-state index contributed by atoms with van der Waals surface area (Å²) in [6, 6.07) is 9.85. The third-order valence-corrected chi connectivity index (χ3v) is 5.82. The number of aliphatic hydroxyl groups excluding tert-OH is 2. The zero-order valence-corrected chi connectivity index (χ0v) is 14.9. The van der Waals surface area contributed by atoms with Crippen LogP contribution < -0.4 is 0 Å². The molecule has 5 nitrogen and oxygen atoms in total. The lowest BCUT2D eigenvalue weighted by Gasteiger charge is -2.33. The van der Waals surface area contributed by atoms with E-state index in [1.807, 2.05) is 35.2 Å². The van der Waals surface area contributed by atoms with Gasteiger partial charge in [0, 0.05) is 38.8 Å². The normalized spacial score (nSPS) is 25.4. The first-order valence-corrected chi connectivity index (χ1v) is 9.45. The number of hydrogen-bond acceptors (Lipinski definition) is 4. The Labute approximate surface area is 150 Å². The summed E-state index contributed by atoms with van der Waals surface area (Å²) in [5.41, 5.74) is 1.04. The lowest BCUT2D eigenvalue weighted by Crippen LogP contribution is -2.40. The van der Waals surface area contributed by atoms with Crippen LogP contribution in [-0.4, -0.2) is 71.9 Å². The summed E-state index contributed by atoms with van der Waals surface area (Å²) in [6.07, 6.45) is 2.53. The molecular formula is C20H30N2O3. The van der Waals surface area contributed by atoms with Crippen molar-refractivity contribution in [2.24, 2.45) is 17.8 Å². The van der Waals surface area contributed by atoms with E-state index in [4.69, 9.17) is 0 Å². The average molecular weight is 346 g/mol. The molecule has 0 aliphatic carbocycles. The van der Waals surface area contributed by atoms with Gasteiger partial charge in [-0.15, -0.1) is 0 Å². The van der Waals surface area contributed by atoms with Crippen molar-refractivity contribution in [1.29, 1.82) is 0 Å². The van der Waals surface area contributed by atoms with E-state index in [0.29, 0.717) is 24.8 Å². The number of likely N-dealkylation sites (tertiary alicyclic amines) is 2. The van der Waals surface area contributed by atoms with Gasteiger partial charge in [-0.3, -0.25) is 4.79 Å². The number of hydrogen-bond donors (Lipinski definition) is 2. The third kappa shape index (κ3) is 4.81. The van der Waals surface area contributed by atoms with Crippen molar-refractivity contribution in [3.63, 3.8) is 0 Å². The lowest BCUT2D eigenvalue weighted by atomic mass is 9.93. The van der Waals surface area contributed by atoms with Crippen LogP contribution in [0.2, 0.25) is 0 Å². The predicted molar refractivity (Wildman–Crippen MR) is 97.0 cm³/mol. The Morgan fingerprint density at radius 1 is 1.00 bits per heavy atom. The van der Waals surface area contributed by atoms with Crippen molar-refractivity contribution in [2.75, 3.05) is 45.9 Å². The summed E-state index contributed by atoms with van der Waals surface area (Å²) >= 11 is 0. The molecule has 2 saturated heterocycles. The van der Waals surface area contributed by atoms with Gasteiger partial charge in [0.05, 0.1) is 6.42 Å². The van der Waals surface area contributed by atoms with E-state index < -0.39 is 0 Å². The van der Waals surface area contributed by atoms with E-state index in [1.165, 1.54) is 0 Å². The zero-order chi connectivity index (χ0) is 17.6. The van der Waals surface area contributed by atoms with E-state index >= 15 is 0 Å². The number of benzene rings is 1. The molecule has 1 amide bonds. The van der Waals surface area contributed by atoms with Gasteiger partial charge in [-0.1, -0.05) is 30.3 Å². The predicted octanol–water partition coefficient (Wildman–Crippen LogP) is 1.00. The topological polar surface area (TPSA) is 64.0 Å². The van der Waals surface area contributed by atoms with Crippen LogP contribution in [0.4, 0.5) is 0 Å². The Hall–Kier alpha value is -1.43. The molecule has 0 bridgehead atoms. The van der Waals surface area contributed by atoms with Gasteiger partial charge < -0.3 is 20.0 Å². The number of rotatable bonds is 6. The van der Waals surface area contributed by atoms with Gasteiger partial charge >= 0.3 is 0 Å². The number of carbonyl (C=O) groups is 1. The second-order valence-electron chi connectivity index (χ2n) is 7.59. The number of nitrogens with zero attached hydrogens (tertiary/aromatic N) is 2. The molecule has 0 spiro atoms. The molecule has 0 unspecified atom stereocenters. The second-order valence-corrected chi connectivity index (χ2v) is 7.59. The van der Waals surface area contributed by atoms with Gasteiger partial charge in [0.1, 0.15) is 0 Å². The highest BCUT2D eigenvalue weighted by atomic mass is 16.3. The molecule has 1 aromatic carbocycles. The highest BCUT2D eigenvalue weighted by molar-refractivity contribution is 5.79. The fourth-order valence-electron chi connectivity index (χ4n) is 4.12. The van der Waals surface area contributed by atoms with Crippen LogP contribution in [0.5, 0.6) is 0 Å². The van der Waals surface area contributed by atoms with E-state index in [9.17, 15) is 15.0 Å². The molecule has 138 valence electrons. The fraction of sp³-hybridized carbons (Fsp3) is 0.650. The fourth-order valence-corrected chi connectivity index (χ4v) is 4.12. The minimum absolute atomic E-state index is 0.146. The van der Waals surface area contributed by atoms with Crippen molar-refractivity contribution >= 4 is 5.91 Å². The molecule has 0 saturated carbocycles. The molecule has 3 rings (SSSR count).